The first-order valence-electron chi connectivity index (χ1n) is 9.58. The van der Waals surface area contributed by atoms with Crippen molar-refractivity contribution in [1.82, 2.24) is 24.3 Å². The number of thiazole rings is 1. The number of carbonyl (C=O) groups is 1. The number of aromatic nitrogens is 4. The number of nitrogens with zero attached hydrogens (tertiary/aromatic N) is 4. The molecule has 7 nitrogen and oxygen atoms in total. The molecule has 4 rings (SSSR count). The molecule has 0 spiro atoms. The molecule has 0 unspecified atom stereocenters. The molecule has 4 aromatic rings. The highest BCUT2D eigenvalue weighted by atomic mass is 32.1. The van der Waals surface area contributed by atoms with Crippen LogP contribution in [0.3, 0.4) is 0 Å². The Balaban J connectivity index is 1.38. The second kappa shape index (κ2) is 7.79. The van der Waals surface area contributed by atoms with E-state index >= 15 is 0 Å². The van der Waals surface area contributed by atoms with Crippen LogP contribution in [-0.2, 0) is 17.8 Å². The minimum Gasteiger partial charge on any atom is -0.340 e. The molecule has 1 aromatic carbocycles. The Morgan fingerprint density at radius 2 is 2.03 bits per heavy atom. The molecular formula is C21H23N5O2S. The SMILES string of the molecule is Cc1cn2c(CN(C)C(=O)CCCc3nc4ccccc4c(=O)[nH]3)c(C)nc2s1. The molecule has 0 fully saturated rings. The molecule has 3 aromatic heterocycles. The summed E-state index contributed by atoms with van der Waals surface area (Å²) in [7, 11) is 1.82. The summed E-state index contributed by atoms with van der Waals surface area (Å²) < 4.78 is 2.07. The van der Waals surface area contributed by atoms with E-state index in [0.717, 1.165) is 16.3 Å². The van der Waals surface area contributed by atoms with Gasteiger partial charge in [0.1, 0.15) is 5.82 Å². The molecule has 29 heavy (non-hydrogen) atoms. The van der Waals surface area contributed by atoms with Crippen molar-refractivity contribution in [1.29, 1.82) is 0 Å². The summed E-state index contributed by atoms with van der Waals surface area (Å²) in [6.07, 6.45) is 3.65. The van der Waals surface area contributed by atoms with E-state index in [0.29, 0.717) is 42.5 Å². The predicted molar refractivity (Wildman–Crippen MR) is 114 cm³/mol. The van der Waals surface area contributed by atoms with Gasteiger partial charge in [0.15, 0.2) is 4.96 Å². The van der Waals surface area contributed by atoms with Gasteiger partial charge in [-0.15, -0.1) is 11.3 Å². The summed E-state index contributed by atoms with van der Waals surface area (Å²) in [6.45, 7) is 4.55. The number of aryl methyl sites for hydroxylation is 3. The van der Waals surface area contributed by atoms with Gasteiger partial charge in [-0.3, -0.25) is 14.0 Å². The van der Waals surface area contributed by atoms with Gasteiger partial charge in [-0.1, -0.05) is 12.1 Å². The second-order valence-corrected chi connectivity index (χ2v) is 8.48. The van der Waals surface area contributed by atoms with E-state index in [9.17, 15) is 9.59 Å². The van der Waals surface area contributed by atoms with Gasteiger partial charge < -0.3 is 9.88 Å². The fourth-order valence-electron chi connectivity index (χ4n) is 3.46. The van der Waals surface area contributed by atoms with Crippen molar-refractivity contribution in [3.63, 3.8) is 0 Å². The molecule has 0 aliphatic heterocycles. The van der Waals surface area contributed by atoms with Crippen molar-refractivity contribution in [2.75, 3.05) is 7.05 Å². The number of nitrogens with one attached hydrogen (secondary N) is 1. The van der Waals surface area contributed by atoms with Gasteiger partial charge >= 0.3 is 0 Å². The number of imidazole rings is 1. The number of benzene rings is 1. The molecule has 0 saturated carbocycles. The molecule has 8 heteroatoms. The number of rotatable bonds is 6. The van der Waals surface area contributed by atoms with Crippen LogP contribution >= 0.6 is 11.3 Å². The van der Waals surface area contributed by atoms with Gasteiger partial charge in [0.2, 0.25) is 5.91 Å². The van der Waals surface area contributed by atoms with Gasteiger partial charge in [-0.05, 0) is 32.4 Å². The molecule has 3 heterocycles. The zero-order valence-corrected chi connectivity index (χ0v) is 17.5. The van der Waals surface area contributed by atoms with E-state index in [1.165, 1.54) is 4.88 Å². The second-order valence-electron chi connectivity index (χ2n) is 7.27. The number of fused-ring (bicyclic) bond motifs is 2. The molecule has 1 amide bonds. The van der Waals surface area contributed by atoms with Gasteiger partial charge in [-0.2, -0.15) is 0 Å². The lowest BCUT2D eigenvalue weighted by atomic mass is 10.2. The van der Waals surface area contributed by atoms with Crippen LogP contribution in [0.1, 0.15) is 34.9 Å². The smallest absolute Gasteiger partial charge is 0.258 e. The fraction of sp³-hybridized carbons (Fsp3) is 0.333. The number of H-pyrrole nitrogens is 1. The van der Waals surface area contributed by atoms with Crippen molar-refractivity contribution in [2.45, 2.75) is 39.7 Å². The van der Waals surface area contributed by atoms with Gasteiger partial charge in [0.05, 0.1) is 28.8 Å². The van der Waals surface area contributed by atoms with E-state index in [4.69, 9.17) is 0 Å². The standard InChI is InChI=1S/C21H23N5O2S/c1-13-11-26-17(14(2)22-21(26)29-13)12-25(3)19(27)10-6-9-18-23-16-8-5-4-7-15(16)20(28)24-18/h4-5,7-8,11H,6,9-10,12H2,1-3H3,(H,23,24,28). The highest BCUT2D eigenvalue weighted by Gasteiger charge is 2.16. The quantitative estimate of drug-likeness (QED) is 0.530. The average Bonchev–Trinajstić information content (AvgIpc) is 3.17. The highest BCUT2D eigenvalue weighted by molar-refractivity contribution is 7.17. The lowest BCUT2D eigenvalue weighted by Crippen LogP contribution is -2.27. The maximum Gasteiger partial charge on any atom is 0.258 e. The van der Waals surface area contributed by atoms with Crippen LogP contribution in [0.4, 0.5) is 0 Å². The van der Waals surface area contributed by atoms with Crippen molar-refractivity contribution in [3.8, 4) is 0 Å². The predicted octanol–water partition coefficient (Wildman–Crippen LogP) is 3.23. The van der Waals surface area contributed by atoms with Crippen LogP contribution in [0.5, 0.6) is 0 Å². The lowest BCUT2D eigenvalue weighted by Gasteiger charge is -2.17. The van der Waals surface area contributed by atoms with E-state index in [1.807, 2.05) is 32.2 Å². The minimum absolute atomic E-state index is 0.0643. The van der Waals surface area contributed by atoms with Gasteiger partial charge in [0, 0.05) is 31.0 Å². The van der Waals surface area contributed by atoms with Crippen LogP contribution in [0, 0.1) is 13.8 Å². The maximum atomic E-state index is 12.6. The molecule has 0 aliphatic rings. The summed E-state index contributed by atoms with van der Waals surface area (Å²) in [6, 6.07) is 7.27. The Kier molecular flexibility index (Phi) is 5.19. The van der Waals surface area contributed by atoms with E-state index < -0.39 is 0 Å². The molecule has 150 valence electrons. The number of hydrogen-bond acceptors (Lipinski definition) is 5. The van der Waals surface area contributed by atoms with Crippen molar-refractivity contribution in [2.24, 2.45) is 0 Å². The maximum absolute atomic E-state index is 12.6. The highest BCUT2D eigenvalue weighted by Crippen LogP contribution is 2.21. The third-order valence-electron chi connectivity index (χ3n) is 5.02. The van der Waals surface area contributed by atoms with Crippen LogP contribution in [0.25, 0.3) is 15.9 Å². The number of amides is 1. The van der Waals surface area contributed by atoms with Crippen molar-refractivity contribution in [3.05, 3.63) is 62.9 Å². The Morgan fingerprint density at radius 1 is 1.24 bits per heavy atom. The molecule has 0 bridgehead atoms. The monoisotopic (exact) mass is 409 g/mol. The Bertz CT molecular complexity index is 1250. The topological polar surface area (TPSA) is 83.4 Å². The normalized spacial score (nSPS) is 11.4. The zero-order chi connectivity index (χ0) is 20.5. The van der Waals surface area contributed by atoms with Gasteiger partial charge in [0.25, 0.3) is 5.56 Å². The third-order valence-corrected chi connectivity index (χ3v) is 5.92. The summed E-state index contributed by atoms with van der Waals surface area (Å²) in [5.74, 6) is 0.681. The lowest BCUT2D eigenvalue weighted by molar-refractivity contribution is -0.130. The summed E-state index contributed by atoms with van der Waals surface area (Å²) in [5, 5.41) is 0.582. The molecule has 0 atom stereocenters. The van der Waals surface area contributed by atoms with Crippen LogP contribution in [0.2, 0.25) is 0 Å². The Hall–Kier alpha value is -3.00. The molecule has 0 aliphatic carbocycles. The molecule has 0 radical (unpaired) electrons. The molecule has 1 N–H and O–H groups in total. The summed E-state index contributed by atoms with van der Waals surface area (Å²) in [5.41, 5.74) is 2.54. The largest absolute Gasteiger partial charge is 0.340 e. The van der Waals surface area contributed by atoms with Crippen LogP contribution in [-0.4, -0.2) is 37.2 Å². The van der Waals surface area contributed by atoms with Crippen molar-refractivity contribution >= 4 is 33.1 Å². The summed E-state index contributed by atoms with van der Waals surface area (Å²) in [4.78, 5) is 40.5. The minimum atomic E-state index is -0.139. The van der Waals surface area contributed by atoms with E-state index in [2.05, 4.69) is 32.5 Å². The Morgan fingerprint density at radius 3 is 2.86 bits per heavy atom. The first-order valence-corrected chi connectivity index (χ1v) is 10.4. The zero-order valence-electron chi connectivity index (χ0n) is 16.7. The first-order chi connectivity index (χ1) is 13.9. The van der Waals surface area contributed by atoms with E-state index in [-0.39, 0.29) is 11.5 Å². The van der Waals surface area contributed by atoms with E-state index in [1.54, 1.807) is 22.3 Å². The van der Waals surface area contributed by atoms with Crippen molar-refractivity contribution < 1.29 is 4.79 Å². The van der Waals surface area contributed by atoms with Crippen LogP contribution in [0.15, 0.2) is 35.3 Å². The fourth-order valence-corrected chi connectivity index (χ4v) is 4.35. The average molecular weight is 410 g/mol. The Labute approximate surface area is 172 Å². The number of aromatic amines is 1. The number of carbonyl (C=O) groups excluding carboxylic acids is 1. The third kappa shape index (κ3) is 3.93. The molecule has 0 saturated heterocycles. The number of para-hydroxylation sites is 1. The number of hydrogen-bond donors (Lipinski definition) is 1. The first kappa shape index (κ1) is 19.3. The van der Waals surface area contributed by atoms with Gasteiger partial charge in [-0.25, -0.2) is 9.97 Å². The molecular weight excluding hydrogens is 386 g/mol. The summed E-state index contributed by atoms with van der Waals surface area (Å²) >= 11 is 1.65. The van der Waals surface area contributed by atoms with Crippen LogP contribution < -0.4 is 5.56 Å².